The first kappa shape index (κ1) is 14.6. The lowest BCUT2D eigenvalue weighted by molar-refractivity contribution is -0.0965. The first-order chi connectivity index (χ1) is 9.17. The first-order valence-corrected chi connectivity index (χ1v) is 6.92. The lowest BCUT2D eigenvalue weighted by atomic mass is 10.2. The number of rotatable bonds is 5. The van der Waals surface area contributed by atoms with E-state index in [2.05, 4.69) is 4.90 Å². The molecule has 0 radical (unpaired) electrons. The highest BCUT2D eigenvalue weighted by molar-refractivity contribution is 6.30. The summed E-state index contributed by atoms with van der Waals surface area (Å²) in [6.07, 6.45) is 0.0701. The van der Waals surface area contributed by atoms with Crippen LogP contribution in [0.1, 0.15) is 6.92 Å². The highest BCUT2D eigenvalue weighted by Crippen LogP contribution is 2.16. The Morgan fingerprint density at radius 2 is 2.11 bits per heavy atom. The van der Waals surface area contributed by atoms with Gasteiger partial charge in [-0.1, -0.05) is 11.6 Å². The quantitative estimate of drug-likeness (QED) is 0.896. The van der Waals surface area contributed by atoms with Crippen LogP contribution < -0.4 is 4.74 Å². The molecule has 0 aromatic heterocycles. The van der Waals surface area contributed by atoms with Gasteiger partial charge in [-0.2, -0.15) is 0 Å². The first-order valence-electron chi connectivity index (χ1n) is 6.54. The Kier molecular flexibility index (Phi) is 5.45. The molecule has 2 rings (SSSR count). The Morgan fingerprint density at radius 1 is 1.37 bits per heavy atom. The van der Waals surface area contributed by atoms with Gasteiger partial charge in [-0.25, -0.2) is 0 Å². The van der Waals surface area contributed by atoms with Crippen molar-refractivity contribution in [2.75, 3.05) is 32.8 Å². The van der Waals surface area contributed by atoms with Gasteiger partial charge in [-0.15, -0.1) is 0 Å². The summed E-state index contributed by atoms with van der Waals surface area (Å²) in [6, 6.07) is 7.35. The molecular weight excluding hydrogens is 266 g/mol. The number of benzene rings is 1. The molecule has 2 atom stereocenters. The van der Waals surface area contributed by atoms with Gasteiger partial charge in [0, 0.05) is 24.7 Å². The van der Waals surface area contributed by atoms with Crippen molar-refractivity contribution in [3.8, 4) is 5.75 Å². The second kappa shape index (κ2) is 7.10. The van der Waals surface area contributed by atoms with Gasteiger partial charge in [-0.05, 0) is 31.2 Å². The van der Waals surface area contributed by atoms with Gasteiger partial charge in [0.15, 0.2) is 0 Å². The number of halogens is 1. The van der Waals surface area contributed by atoms with Crippen molar-refractivity contribution in [3.63, 3.8) is 0 Å². The molecule has 1 aromatic rings. The van der Waals surface area contributed by atoms with E-state index in [9.17, 15) is 0 Å². The van der Waals surface area contributed by atoms with Crippen LogP contribution in [0.25, 0.3) is 0 Å². The third kappa shape index (κ3) is 4.66. The lowest BCUT2D eigenvalue weighted by Crippen LogP contribution is -2.49. The van der Waals surface area contributed by atoms with E-state index in [1.807, 2.05) is 31.2 Å². The molecule has 4 nitrogen and oxygen atoms in total. The number of hydrogen-bond donors (Lipinski definition) is 1. The topological polar surface area (TPSA) is 41.9 Å². The van der Waals surface area contributed by atoms with Crippen LogP contribution in [0.4, 0.5) is 0 Å². The van der Waals surface area contributed by atoms with Gasteiger partial charge in [0.2, 0.25) is 0 Å². The maximum Gasteiger partial charge on any atom is 0.119 e. The molecule has 2 unspecified atom stereocenters. The minimum Gasteiger partial charge on any atom is -0.492 e. The molecule has 1 aliphatic rings. The van der Waals surface area contributed by atoms with Gasteiger partial charge in [-0.3, -0.25) is 4.90 Å². The van der Waals surface area contributed by atoms with Gasteiger partial charge >= 0.3 is 0 Å². The number of nitrogens with zero attached hydrogens (tertiary/aromatic N) is 1. The number of hydrogen-bond acceptors (Lipinski definition) is 4. The summed E-state index contributed by atoms with van der Waals surface area (Å²) in [7, 11) is 0. The monoisotopic (exact) mass is 285 g/mol. The Hall–Kier alpha value is -0.810. The van der Waals surface area contributed by atoms with E-state index in [4.69, 9.17) is 26.2 Å². The average molecular weight is 286 g/mol. The van der Waals surface area contributed by atoms with Crippen LogP contribution >= 0.6 is 11.6 Å². The second-order valence-electron chi connectivity index (χ2n) is 4.81. The predicted molar refractivity (Wildman–Crippen MR) is 74.8 cm³/mol. The summed E-state index contributed by atoms with van der Waals surface area (Å²) < 4.78 is 11.3. The van der Waals surface area contributed by atoms with Crippen LogP contribution in [0.5, 0.6) is 5.75 Å². The molecule has 1 aliphatic heterocycles. The summed E-state index contributed by atoms with van der Waals surface area (Å²) in [5.41, 5.74) is 0. The number of aliphatic hydroxyl groups excluding tert-OH is 1. The maximum absolute atomic E-state index is 9.16. The summed E-state index contributed by atoms with van der Waals surface area (Å²) in [4.78, 5) is 2.25. The van der Waals surface area contributed by atoms with Crippen molar-refractivity contribution < 1.29 is 14.6 Å². The molecule has 19 heavy (non-hydrogen) atoms. The van der Waals surface area contributed by atoms with Crippen LogP contribution in [0.2, 0.25) is 5.02 Å². The average Bonchev–Trinajstić information content (AvgIpc) is 2.40. The summed E-state index contributed by atoms with van der Waals surface area (Å²) >= 11 is 5.81. The molecule has 1 aromatic carbocycles. The molecule has 5 heteroatoms. The van der Waals surface area contributed by atoms with Gasteiger partial charge in [0.25, 0.3) is 0 Å². The van der Waals surface area contributed by atoms with Crippen molar-refractivity contribution in [1.82, 2.24) is 4.90 Å². The largest absolute Gasteiger partial charge is 0.492 e. The van der Waals surface area contributed by atoms with Crippen molar-refractivity contribution in [3.05, 3.63) is 29.3 Å². The van der Waals surface area contributed by atoms with Crippen molar-refractivity contribution >= 4 is 11.6 Å². The Labute approximate surface area is 118 Å². The van der Waals surface area contributed by atoms with Crippen LogP contribution in [-0.2, 0) is 4.74 Å². The smallest absolute Gasteiger partial charge is 0.119 e. The second-order valence-corrected chi connectivity index (χ2v) is 5.25. The van der Waals surface area contributed by atoms with Crippen LogP contribution in [0, 0.1) is 0 Å². The standard InChI is InChI=1S/C14H20ClNO3/c1-11-8-16(9-14(10-17)19-11)6-7-18-13-4-2-12(15)3-5-13/h2-5,11,14,17H,6-10H2,1H3. The highest BCUT2D eigenvalue weighted by atomic mass is 35.5. The Balaban J connectivity index is 1.74. The fourth-order valence-corrected chi connectivity index (χ4v) is 2.37. The third-order valence-corrected chi connectivity index (χ3v) is 3.35. The molecule has 1 heterocycles. The Bertz CT molecular complexity index is 385. The summed E-state index contributed by atoms with van der Waals surface area (Å²) in [6.45, 7) is 5.17. The van der Waals surface area contributed by atoms with Crippen molar-refractivity contribution in [1.29, 1.82) is 0 Å². The Morgan fingerprint density at radius 3 is 2.79 bits per heavy atom. The lowest BCUT2D eigenvalue weighted by Gasteiger charge is -2.35. The molecule has 1 saturated heterocycles. The molecule has 0 amide bonds. The predicted octanol–water partition coefficient (Wildman–Crippen LogP) is 1.80. The number of ether oxygens (including phenoxy) is 2. The highest BCUT2D eigenvalue weighted by Gasteiger charge is 2.24. The van der Waals surface area contributed by atoms with E-state index in [1.54, 1.807) is 0 Å². The van der Waals surface area contributed by atoms with E-state index in [-0.39, 0.29) is 18.8 Å². The molecule has 0 aliphatic carbocycles. The maximum atomic E-state index is 9.16. The normalized spacial score (nSPS) is 24.4. The molecular formula is C14H20ClNO3. The molecule has 1 N–H and O–H groups in total. The molecule has 1 fully saturated rings. The minimum absolute atomic E-state index is 0.0683. The fourth-order valence-electron chi connectivity index (χ4n) is 2.25. The van der Waals surface area contributed by atoms with E-state index in [0.29, 0.717) is 11.6 Å². The van der Waals surface area contributed by atoms with Crippen LogP contribution in [0.3, 0.4) is 0 Å². The van der Waals surface area contributed by atoms with E-state index >= 15 is 0 Å². The summed E-state index contributed by atoms with van der Waals surface area (Å²) in [5, 5.41) is 9.87. The van der Waals surface area contributed by atoms with Crippen molar-refractivity contribution in [2.24, 2.45) is 0 Å². The third-order valence-electron chi connectivity index (χ3n) is 3.10. The fraction of sp³-hybridized carbons (Fsp3) is 0.571. The number of aliphatic hydroxyl groups is 1. The molecule has 0 bridgehead atoms. The zero-order valence-electron chi connectivity index (χ0n) is 11.1. The zero-order valence-corrected chi connectivity index (χ0v) is 11.8. The summed E-state index contributed by atoms with van der Waals surface area (Å²) in [5.74, 6) is 0.824. The zero-order chi connectivity index (χ0) is 13.7. The number of morpholine rings is 1. The molecule has 0 spiro atoms. The van der Waals surface area contributed by atoms with E-state index < -0.39 is 0 Å². The van der Waals surface area contributed by atoms with E-state index in [0.717, 1.165) is 25.4 Å². The van der Waals surface area contributed by atoms with Crippen molar-refractivity contribution in [2.45, 2.75) is 19.1 Å². The van der Waals surface area contributed by atoms with Gasteiger partial charge in [0.05, 0.1) is 18.8 Å². The van der Waals surface area contributed by atoms with Crippen LogP contribution in [0.15, 0.2) is 24.3 Å². The van der Waals surface area contributed by atoms with Crippen LogP contribution in [-0.4, -0.2) is 55.1 Å². The van der Waals surface area contributed by atoms with E-state index in [1.165, 1.54) is 0 Å². The SMILES string of the molecule is CC1CN(CCOc2ccc(Cl)cc2)CC(CO)O1. The van der Waals surface area contributed by atoms with Gasteiger partial charge in [0.1, 0.15) is 12.4 Å². The van der Waals surface area contributed by atoms with Gasteiger partial charge < -0.3 is 14.6 Å². The molecule has 106 valence electrons. The minimum atomic E-state index is -0.0840. The molecule has 0 saturated carbocycles.